The highest BCUT2D eigenvalue weighted by Gasteiger charge is 2.43. The lowest BCUT2D eigenvalue weighted by molar-refractivity contribution is 0.0806. The van der Waals surface area contributed by atoms with Gasteiger partial charge in [-0.2, -0.15) is 0 Å². The van der Waals surface area contributed by atoms with E-state index in [1.54, 1.807) is 0 Å². The highest BCUT2D eigenvalue weighted by molar-refractivity contribution is 5.03. The number of rotatable bonds is 6. The molecule has 42 heavy (non-hydrogen) atoms. The van der Waals surface area contributed by atoms with Gasteiger partial charge in [0.2, 0.25) is 0 Å². The second kappa shape index (κ2) is 14.8. The van der Waals surface area contributed by atoms with Crippen LogP contribution in [0, 0.1) is 11.8 Å². The summed E-state index contributed by atoms with van der Waals surface area (Å²) in [6.07, 6.45) is 25.3. The molecule has 7 fully saturated rings. The maximum Gasteiger partial charge on any atom is 0.0734 e. The van der Waals surface area contributed by atoms with E-state index in [2.05, 4.69) is 42.5 Å². The molecule has 10 unspecified atom stereocenters. The van der Waals surface area contributed by atoms with Gasteiger partial charge in [-0.1, -0.05) is 25.7 Å². The van der Waals surface area contributed by atoms with Crippen LogP contribution in [-0.4, -0.2) is 86.8 Å². The van der Waals surface area contributed by atoms with Crippen molar-refractivity contribution in [3.05, 3.63) is 0 Å². The van der Waals surface area contributed by atoms with E-state index in [0.29, 0.717) is 60.7 Å². The number of nitrogens with one attached hydrogen (secondary N) is 8. The lowest BCUT2D eigenvalue weighted by Crippen LogP contribution is -2.71. The summed E-state index contributed by atoms with van der Waals surface area (Å²) < 4.78 is 0. The van der Waals surface area contributed by atoms with Gasteiger partial charge in [0.05, 0.1) is 12.3 Å². The van der Waals surface area contributed by atoms with Crippen LogP contribution in [-0.2, 0) is 0 Å². The van der Waals surface area contributed by atoms with Crippen LogP contribution in [0.2, 0.25) is 0 Å². The van der Waals surface area contributed by atoms with Gasteiger partial charge in [-0.25, -0.2) is 0 Å². The fourth-order valence-corrected chi connectivity index (χ4v) is 10.2. The third-order valence-electron chi connectivity index (χ3n) is 12.7. The lowest BCUT2D eigenvalue weighted by atomic mass is 9.71. The summed E-state index contributed by atoms with van der Waals surface area (Å²) in [6, 6.07) is 5.02. The summed E-state index contributed by atoms with van der Waals surface area (Å²) >= 11 is 0. The van der Waals surface area contributed by atoms with Gasteiger partial charge < -0.3 is 21.3 Å². The molecule has 0 spiro atoms. The van der Waals surface area contributed by atoms with E-state index < -0.39 is 0 Å². The van der Waals surface area contributed by atoms with Crippen LogP contribution in [0.4, 0.5) is 0 Å². The summed E-state index contributed by atoms with van der Waals surface area (Å²) in [4.78, 5) is 0. The summed E-state index contributed by atoms with van der Waals surface area (Å²) in [7, 11) is 0. The minimum absolute atomic E-state index is 0.425. The first-order valence-corrected chi connectivity index (χ1v) is 18.8. The van der Waals surface area contributed by atoms with E-state index in [0.717, 1.165) is 11.8 Å². The highest BCUT2D eigenvalue weighted by Crippen LogP contribution is 2.38. The molecule has 6 heterocycles. The van der Waals surface area contributed by atoms with Crippen molar-refractivity contribution in [2.24, 2.45) is 11.8 Å². The van der Waals surface area contributed by atoms with Crippen molar-refractivity contribution in [3.63, 3.8) is 0 Å². The third-order valence-corrected chi connectivity index (χ3v) is 12.7. The minimum Gasteiger partial charge on any atom is -0.312 e. The molecule has 7 rings (SSSR count). The SMILES string of the molecule is C1CCC(C2CC(C3CCC(C4CC(C5CCCCN5)NC(C5CCCCN5)N4)CC3)NC(C3CCCCN3)N2)NC1. The second-order valence-electron chi connectivity index (χ2n) is 15.4. The van der Waals surface area contributed by atoms with Gasteiger partial charge in [0.1, 0.15) is 0 Å². The van der Waals surface area contributed by atoms with Crippen molar-refractivity contribution in [2.45, 2.75) is 176 Å². The zero-order valence-corrected chi connectivity index (χ0v) is 26.5. The normalized spacial score (nSPS) is 48.0. The maximum absolute atomic E-state index is 4.21. The second-order valence-corrected chi connectivity index (χ2v) is 15.4. The molecule has 0 aromatic heterocycles. The Hall–Kier alpha value is -0.320. The Kier molecular flexibility index (Phi) is 10.7. The van der Waals surface area contributed by atoms with Crippen LogP contribution in [0.15, 0.2) is 0 Å². The number of hydrogen-bond acceptors (Lipinski definition) is 8. The van der Waals surface area contributed by atoms with Gasteiger partial charge >= 0.3 is 0 Å². The van der Waals surface area contributed by atoms with Crippen LogP contribution in [0.3, 0.4) is 0 Å². The molecule has 0 aromatic rings. The highest BCUT2D eigenvalue weighted by atomic mass is 15.3. The molecule has 0 radical (unpaired) electrons. The predicted octanol–water partition coefficient (Wildman–Crippen LogP) is 2.65. The average Bonchev–Trinajstić information content (AvgIpc) is 3.09. The Bertz CT molecular complexity index is 677. The molecule has 7 aliphatic rings. The zero-order valence-electron chi connectivity index (χ0n) is 26.5. The quantitative estimate of drug-likeness (QED) is 0.242. The largest absolute Gasteiger partial charge is 0.312 e. The van der Waals surface area contributed by atoms with E-state index >= 15 is 0 Å². The molecule has 0 bridgehead atoms. The molecule has 10 atom stereocenters. The first-order valence-electron chi connectivity index (χ1n) is 18.8. The van der Waals surface area contributed by atoms with Crippen molar-refractivity contribution in [2.75, 3.05) is 26.2 Å². The van der Waals surface area contributed by atoms with Crippen LogP contribution in [0.1, 0.15) is 116 Å². The van der Waals surface area contributed by atoms with E-state index in [9.17, 15) is 0 Å². The van der Waals surface area contributed by atoms with Crippen molar-refractivity contribution in [3.8, 4) is 0 Å². The van der Waals surface area contributed by atoms with Crippen LogP contribution in [0.25, 0.3) is 0 Å². The van der Waals surface area contributed by atoms with Crippen molar-refractivity contribution in [1.82, 2.24) is 42.5 Å². The average molecular weight is 585 g/mol. The number of hydrogen-bond donors (Lipinski definition) is 8. The topological polar surface area (TPSA) is 96.2 Å². The summed E-state index contributed by atoms with van der Waals surface area (Å²) in [6.45, 7) is 4.78. The molecule has 0 amide bonds. The minimum atomic E-state index is 0.425. The fraction of sp³-hybridized carbons (Fsp3) is 1.00. The molecule has 0 aromatic carbocycles. The first kappa shape index (κ1) is 30.3. The van der Waals surface area contributed by atoms with Gasteiger partial charge in [-0.15, -0.1) is 0 Å². The molecule has 240 valence electrons. The molecule has 1 saturated carbocycles. The van der Waals surface area contributed by atoms with Crippen LogP contribution in [0.5, 0.6) is 0 Å². The van der Waals surface area contributed by atoms with Gasteiger partial charge in [0.25, 0.3) is 0 Å². The molecule has 6 saturated heterocycles. The van der Waals surface area contributed by atoms with E-state index in [1.165, 1.54) is 142 Å². The fourth-order valence-electron chi connectivity index (χ4n) is 10.2. The first-order chi connectivity index (χ1) is 20.8. The number of piperidine rings is 4. The Morgan fingerprint density at radius 1 is 0.286 bits per heavy atom. The lowest BCUT2D eigenvalue weighted by Gasteiger charge is -2.50. The maximum atomic E-state index is 4.21. The van der Waals surface area contributed by atoms with Gasteiger partial charge in [-0.3, -0.25) is 21.3 Å². The molecule has 8 heteroatoms. The molecule has 8 N–H and O–H groups in total. The monoisotopic (exact) mass is 585 g/mol. The van der Waals surface area contributed by atoms with Crippen molar-refractivity contribution in [1.29, 1.82) is 0 Å². The molecular weight excluding hydrogens is 520 g/mol. The Balaban J connectivity index is 0.989. The van der Waals surface area contributed by atoms with E-state index in [1.807, 2.05) is 0 Å². The predicted molar refractivity (Wildman–Crippen MR) is 173 cm³/mol. The Morgan fingerprint density at radius 3 is 0.952 bits per heavy atom. The van der Waals surface area contributed by atoms with E-state index in [4.69, 9.17) is 0 Å². The van der Waals surface area contributed by atoms with Gasteiger partial charge in [0.15, 0.2) is 0 Å². The van der Waals surface area contributed by atoms with Crippen molar-refractivity contribution < 1.29 is 0 Å². The van der Waals surface area contributed by atoms with E-state index in [-0.39, 0.29) is 0 Å². The standard InChI is InChI=1S/C34H64N8/c1-5-17-35-25(9-1)31-21-29(39-33(41-31)27-11-3-7-19-37-27)23-13-15-24(16-14-23)30-22-32(26-10-2-6-18-36-26)42-34(40-30)28-12-4-8-20-38-28/h23-42H,1-22H2. The summed E-state index contributed by atoms with van der Waals surface area (Å²) in [5.41, 5.74) is 0. The molecule has 6 aliphatic heterocycles. The molecular formula is C34H64N8. The smallest absolute Gasteiger partial charge is 0.0734 e. The van der Waals surface area contributed by atoms with Crippen LogP contribution >= 0.6 is 0 Å². The van der Waals surface area contributed by atoms with Gasteiger partial charge in [-0.05, 0) is 128 Å². The van der Waals surface area contributed by atoms with Gasteiger partial charge in [0, 0.05) is 48.3 Å². The molecule has 8 nitrogen and oxygen atoms in total. The summed E-state index contributed by atoms with van der Waals surface area (Å²) in [5.74, 6) is 1.66. The Labute approximate surface area is 256 Å². The van der Waals surface area contributed by atoms with Crippen LogP contribution < -0.4 is 42.5 Å². The molecule has 1 aliphatic carbocycles. The van der Waals surface area contributed by atoms with Crippen molar-refractivity contribution >= 4 is 0 Å². The third kappa shape index (κ3) is 7.38. The zero-order chi connectivity index (χ0) is 28.1. The Morgan fingerprint density at radius 2 is 0.619 bits per heavy atom. The summed E-state index contributed by atoms with van der Waals surface area (Å²) in [5, 5.41) is 32.3.